The zero-order chi connectivity index (χ0) is 8.97. The Balaban J connectivity index is 2.86. The molecule has 0 aliphatic carbocycles. The van der Waals surface area contributed by atoms with Crippen molar-refractivity contribution >= 4 is 5.69 Å². The second kappa shape index (κ2) is 3.97. The lowest BCUT2D eigenvalue weighted by molar-refractivity contribution is 0.415. The highest BCUT2D eigenvalue weighted by molar-refractivity contribution is 5.49. The van der Waals surface area contributed by atoms with Crippen LogP contribution in [0.5, 0.6) is 5.75 Å². The Hall–Kier alpha value is -1.22. The number of hydrogen-bond donors (Lipinski definition) is 1. The van der Waals surface area contributed by atoms with E-state index < -0.39 is 0 Å². The summed E-state index contributed by atoms with van der Waals surface area (Å²) < 4.78 is 5.08. The molecule has 0 aromatic heterocycles. The normalized spacial score (nSPS) is 9.58. The number of rotatable bonds is 3. The molecule has 1 aromatic rings. The summed E-state index contributed by atoms with van der Waals surface area (Å²) in [7, 11) is 3.59. The Labute approximate surface area is 72.7 Å². The Kier molecular flexibility index (Phi) is 2.94. The number of benzene rings is 1. The summed E-state index contributed by atoms with van der Waals surface area (Å²) in [6, 6.07) is 7.80. The minimum atomic E-state index is 0.507. The molecule has 1 rings (SSSR count). The molecule has 3 nitrogen and oxygen atoms in total. The molecule has 2 N–H and O–H groups in total. The standard InChI is InChI=1S/C9H14N2O/c1-11(7-10)8-4-3-5-9(6-8)12-2/h3-6H,7,10H2,1-2H3. The maximum Gasteiger partial charge on any atom is 0.120 e. The van der Waals surface area contributed by atoms with Crippen molar-refractivity contribution in [3.05, 3.63) is 24.3 Å². The molecular weight excluding hydrogens is 152 g/mol. The number of nitrogens with zero attached hydrogens (tertiary/aromatic N) is 1. The molecule has 0 saturated carbocycles. The molecule has 0 amide bonds. The van der Waals surface area contributed by atoms with Crippen molar-refractivity contribution in [1.82, 2.24) is 0 Å². The predicted molar refractivity (Wildman–Crippen MR) is 50.5 cm³/mol. The molecule has 0 spiro atoms. The number of hydrogen-bond acceptors (Lipinski definition) is 3. The van der Waals surface area contributed by atoms with E-state index in [4.69, 9.17) is 10.5 Å². The summed E-state index contributed by atoms with van der Waals surface area (Å²) in [5.74, 6) is 0.854. The van der Waals surface area contributed by atoms with E-state index in [9.17, 15) is 0 Å². The van der Waals surface area contributed by atoms with Gasteiger partial charge in [0.2, 0.25) is 0 Å². The van der Waals surface area contributed by atoms with Gasteiger partial charge in [-0.15, -0.1) is 0 Å². The van der Waals surface area contributed by atoms with E-state index in [1.165, 1.54) is 0 Å². The monoisotopic (exact) mass is 166 g/mol. The third-order valence-electron chi connectivity index (χ3n) is 1.77. The van der Waals surface area contributed by atoms with Crippen LogP contribution in [0.3, 0.4) is 0 Å². The molecule has 0 aliphatic rings. The fraction of sp³-hybridized carbons (Fsp3) is 0.333. The van der Waals surface area contributed by atoms with Crippen molar-refractivity contribution in [1.29, 1.82) is 0 Å². The van der Waals surface area contributed by atoms with Gasteiger partial charge in [0.05, 0.1) is 13.8 Å². The van der Waals surface area contributed by atoms with Crippen LogP contribution in [-0.4, -0.2) is 20.8 Å². The van der Waals surface area contributed by atoms with Gasteiger partial charge in [0.25, 0.3) is 0 Å². The lowest BCUT2D eigenvalue weighted by Gasteiger charge is -2.16. The summed E-state index contributed by atoms with van der Waals surface area (Å²) in [4.78, 5) is 1.95. The molecular formula is C9H14N2O. The third-order valence-corrected chi connectivity index (χ3v) is 1.77. The summed E-state index contributed by atoms with van der Waals surface area (Å²) in [6.07, 6.45) is 0. The second-order valence-corrected chi connectivity index (χ2v) is 2.58. The largest absolute Gasteiger partial charge is 0.497 e. The van der Waals surface area contributed by atoms with Crippen molar-refractivity contribution in [3.8, 4) is 5.75 Å². The number of ether oxygens (including phenoxy) is 1. The van der Waals surface area contributed by atoms with Gasteiger partial charge in [0.15, 0.2) is 0 Å². The molecule has 0 heterocycles. The predicted octanol–water partition coefficient (Wildman–Crippen LogP) is 1.05. The molecule has 0 atom stereocenters. The van der Waals surface area contributed by atoms with Crippen LogP contribution >= 0.6 is 0 Å². The fourth-order valence-electron chi connectivity index (χ4n) is 0.953. The van der Waals surface area contributed by atoms with Crippen LogP contribution < -0.4 is 15.4 Å². The highest BCUT2D eigenvalue weighted by Crippen LogP contribution is 2.18. The molecule has 0 saturated heterocycles. The molecule has 0 fully saturated rings. The first kappa shape index (κ1) is 8.87. The van der Waals surface area contributed by atoms with Crippen LogP contribution in [0.1, 0.15) is 0 Å². The van der Waals surface area contributed by atoms with Crippen molar-refractivity contribution < 1.29 is 4.74 Å². The highest BCUT2D eigenvalue weighted by atomic mass is 16.5. The van der Waals surface area contributed by atoms with Gasteiger partial charge in [-0.3, -0.25) is 0 Å². The minimum absolute atomic E-state index is 0.507. The van der Waals surface area contributed by atoms with Crippen LogP contribution in [0.4, 0.5) is 5.69 Å². The summed E-state index contributed by atoms with van der Waals surface area (Å²) in [5.41, 5.74) is 6.55. The van der Waals surface area contributed by atoms with Gasteiger partial charge < -0.3 is 15.4 Å². The topological polar surface area (TPSA) is 38.5 Å². The Morgan fingerprint density at radius 3 is 2.83 bits per heavy atom. The quantitative estimate of drug-likeness (QED) is 0.682. The van der Waals surface area contributed by atoms with Gasteiger partial charge in [-0.25, -0.2) is 0 Å². The van der Waals surface area contributed by atoms with Gasteiger partial charge in [-0.1, -0.05) is 6.07 Å². The van der Waals surface area contributed by atoms with Gasteiger partial charge in [0, 0.05) is 18.8 Å². The third kappa shape index (κ3) is 1.89. The van der Waals surface area contributed by atoms with E-state index in [2.05, 4.69) is 0 Å². The van der Waals surface area contributed by atoms with Crippen molar-refractivity contribution in [2.75, 3.05) is 25.7 Å². The Morgan fingerprint density at radius 2 is 2.25 bits per heavy atom. The first-order valence-corrected chi connectivity index (χ1v) is 3.83. The minimum Gasteiger partial charge on any atom is -0.497 e. The van der Waals surface area contributed by atoms with Crippen LogP contribution in [0.2, 0.25) is 0 Å². The number of anilines is 1. The van der Waals surface area contributed by atoms with Crippen molar-refractivity contribution in [2.45, 2.75) is 0 Å². The van der Waals surface area contributed by atoms with E-state index in [0.717, 1.165) is 11.4 Å². The van der Waals surface area contributed by atoms with E-state index in [0.29, 0.717) is 6.67 Å². The number of nitrogens with two attached hydrogens (primary N) is 1. The molecule has 0 aliphatic heterocycles. The van der Waals surface area contributed by atoms with Crippen LogP contribution in [0.25, 0.3) is 0 Å². The molecule has 0 unspecified atom stereocenters. The van der Waals surface area contributed by atoms with Crippen LogP contribution in [0, 0.1) is 0 Å². The van der Waals surface area contributed by atoms with Crippen molar-refractivity contribution in [2.24, 2.45) is 5.73 Å². The van der Waals surface area contributed by atoms with E-state index in [1.54, 1.807) is 7.11 Å². The summed E-state index contributed by atoms with van der Waals surface area (Å²) in [6.45, 7) is 0.507. The second-order valence-electron chi connectivity index (χ2n) is 2.58. The maximum absolute atomic E-state index is 5.48. The smallest absolute Gasteiger partial charge is 0.120 e. The molecule has 1 aromatic carbocycles. The first-order chi connectivity index (χ1) is 5.77. The van der Waals surface area contributed by atoms with Gasteiger partial charge in [-0.05, 0) is 12.1 Å². The highest BCUT2D eigenvalue weighted by Gasteiger charge is 1.98. The Bertz CT molecular complexity index is 250. The van der Waals surface area contributed by atoms with Gasteiger partial charge in [-0.2, -0.15) is 0 Å². The SMILES string of the molecule is COc1cccc(N(C)CN)c1. The maximum atomic E-state index is 5.48. The zero-order valence-corrected chi connectivity index (χ0v) is 7.45. The average molecular weight is 166 g/mol. The van der Waals surface area contributed by atoms with Crippen LogP contribution in [0.15, 0.2) is 24.3 Å². The van der Waals surface area contributed by atoms with Gasteiger partial charge >= 0.3 is 0 Å². The lowest BCUT2D eigenvalue weighted by atomic mass is 10.3. The summed E-state index contributed by atoms with van der Waals surface area (Å²) in [5, 5.41) is 0. The molecule has 66 valence electrons. The van der Waals surface area contributed by atoms with Crippen molar-refractivity contribution in [3.63, 3.8) is 0 Å². The molecule has 0 bridgehead atoms. The zero-order valence-electron chi connectivity index (χ0n) is 7.45. The first-order valence-electron chi connectivity index (χ1n) is 3.83. The van der Waals surface area contributed by atoms with E-state index in [1.807, 2.05) is 36.2 Å². The molecule has 12 heavy (non-hydrogen) atoms. The van der Waals surface area contributed by atoms with E-state index in [-0.39, 0.29) is 0 Å². The van der Waals surface area contributed by atoms with Gasteiger partial charge in [0.1, 0.15) is 5.75 Å². The Morgan fingerprint density at radius 1 is 1.50 bits per heavy atom. The van der Waals surface area contributed by atoms with E-state index >= 15 is 0 Å². The molecule has 3 heteroatoms. The lowest BCUT2D eigenvalue weighted by Crippen LogP contribution is -2.24. The average Bonchev–Trinajstić information content (AvgIpc) is 2.17. The summed E-state index contributed by atoms with van der Waals surface area (Å²) >= 11 is 0. The fourth-order valence-corrected chi connectivity index (χ4v) is 0.953. The van der Waals surface area contributed by atoms with Crippen LogP contribution in [-0.2, 0) is 0 Å². The number of methoxy groups -OCH3 is 1. The molecule has 0 radical (unpaired) electrons.